The molecule has 0 aliphatic heterocycles. The van der Waals surface area contributed by atoms with Crippen LogP contribution >= 0.6 is 0 Å². The van der Waals surface area contributed by atoms with Gasteiger partial charge in [-0.05, 0) is 51.3 Å². The number of carbonyl (C=O) groups excluding carboxylic acids is 1. The number of hydrogen-bond acceptors (Lipinski definition) is 4. The van der Waals surface area contributed by atoms with E-state index >= 15 is 0 Å². The molecule has 0 spiro atoms. The maximum atomic E-state index is 12.4. The highest BCUT2D eigenvalue weighted by Crippen LogP contribution is 2.24. The molecule has 0 bridgehead atoms. The molecule has 0 aliphatic carbocycles. The first kappa shape index (κ1) is 17.0. The molecular formula is C17H22N2O4. The molecule has 1 aromatic heterocycles. The molecule has 1 N–H and O–H groups in total. The summed E-state index contributed by atoms with van der Waals surface area (Å²) in [5.41, 5.74) is 0.796. The third kappa shape index (κ3) is 3.88. The number of benzene rings is 1. The second kappa shape index (κ2) is 6.02. The normalized spacial score (nSPS) is 11.9. The first-order valence-electron chi connectivity index (χ1n) is 7.57. The number of rotatable bonds is 3. The largest absolute Gasteiger partial charge is 0.478 e. The predicted molar refractivity (Wildman–Crippen MR) is 86.9 cm³/mol. The van der Waals surface area contributed by atoms with Crippen molar-refractivity contribution in [1.29, 1.82) is 0 Å². The number of nitrogens with zero attached hydrogens (tertiary/aromatic N) is 2. The second-order valence-corrected chi connectivity index (χ2v) is 6.97. The molecular weight excluding hydrogens is 296 g/mol. The monoisotopic (exact) mass is 318 g/mol. The van der Waals surface area contributed by atoms with Gasteiger partial charge in [-0.15, -0.1) is 0 Å². The Bertz CT molecular complexity index is 754. The van der Waals surface area contributed by atoms with Gasteiger partial charge in [-0.25, -0.2) is 9.59 Å². The highest BCUT2D eigenvalue weighted by molar-refractivity contribution is 5.96. The van der Waals surface area contributed by atoms with E-state index in [0.29, 0.717) is 28.9 Å². The molecule has 6 heteroatoms. The quantitative estimate of drug-likeness (QED) is 0.932. The van der Waals surface area contributed by atoms with Crippen molar-refractivity contribution in [3.8, 4) is 0 Å². The van der Waals surface area contributed by atoms with Crippen LogP contribution in [0.3, 0.4) is 0 Å². The zero-order valence-corrected chi connectivity index (χ0v) is 14.1. The van der Waals surface area contributed by atoms with E-state index in [2.05, 4.69) is 5.10 Å². The van der Waals surface area contributed by atoms with Gasteiger partial charge in [0.1, 0.15) is 5.60 Å². The van der Waals surface area contributed by atoms with Crippen molar-refractivity contribution < 1.29 is 19.4 Å². The van der Waals surface area contributed by atoms with Gasteiger partial charge in [0.05, 0.1) is 16.8 Å². The lowest BCUT2D eigenvalue weighted by atomic mass is 10.0. The van der Waals surface area contributed by atoms with Crippen molar-refractivity contribution in [3.05, 3.63) is 29.5 Å². The molecule has 6 nitrogen and oxygen atoms in total. The standard InChI is InChI=1S/C17H22N2O4/c1-10(2)8-13-12-9-11(15(20)21)6-7-14(12)19(18-13)16(22)23-17(3,4)5/h6-7,9-10H,8H2,1-5H3,(H,20,21). The first-order chi connectivity index (χ1) is 10.6. The summed E-state index contributed by atoms with van der Waals surface area (Å²) < 4.78 is 6.59. The van der Waals surface area contributed by atoms with Crippen molar-refractivity contribution in [3.63, 3.8) is 0 Å². The predicted octanol–water partition coefficient (Wildman–Crippen LogP) is 3.72. The van der Waals surface area contributed by atoms with Crippen molar-refractivity contribution in [2.45, 2.75) is 46.6 Å². The Kier molecular flexibility index (Phi) is 4.45. The topological polar surface area (TPSA) is 81.4 Å². The molecule has 23 heavy (non-hydrogen) atoms. The van der Waals surface area contributed by atoms with Crippen LogP contribution in [0.4, 0.5) is 4.79 Å². The zero-order valence-electron chi connectivity index (χ0n) is 14.1. The van der Waals surface area contributed by atoms with Crippen LogP contribution in [0, 0.1) is 5.92 Å². The average molecular weight is 318 g/mol. The van der Waals surface area contributed by atoms with Gasteiger partial charge in [-0.1, -0.05) is 13.8 Å². The zero-order chi connectivity index (χ0) is 17.4. The van der Waals surface area contributed by atoms with Crippen LogP contribution < -0.4 is 0 Å². The summed E-state index contributed by atoms with van der Waals surface area (Å²) in [6, 6.07) is 4.62. The number of fused-ring (bicyclic) bond motifs is 1. The molecule has 2 rings (SSSR count). The summed E-state index contributed by atoms with van der Waals surface area (Å²) >= 11 is 0. The lowest BCUT2D eigenvalue weighted by molar-refractivity contribution is 0.0521. The average Bonchev–Trinajstić information content (AvgIpc) is 2.74. The summed E-state index contributed by atoms with van der Waals surface area (Å²) in [5.74, 6) is -0.680. The molecule has 124 valence electrons. The van der Waals surface area contributed by atoms with Crippen LogP contribution in [0.25, 0.3) is 10.9 Å². The Morgan fingerprint density at radius 1 is 1.30 bits per heavy atom. The van der Waals surface area contributed by atoms with Crippen molar-refractivity contribution in [2.24, 2.45) is 5.92 Å². The Morgan fingerprint density at radius 3 is 2.48 bits per heavy atom. The second-order valence-electron chi connectivity index (χ2n) is 6.97. The lowest BCUT2D eigenvalue weighted by Crippen LogP contribution is -2.27. The molecule has 0 saturated carbocycles. The molecule has 2 aromatic rings. The Balaban J connectivity index is 2.57. The van der Waals surface area contributed by atoms with Crippen LogP contribution in [0.1, 0.15) is 50.7 Å². The number of hydrogen-bond donors (Lipinski definition) is 1. The molecule has 0 amide bonds. The van der Waals surface area contributed by atoms with E-state index in [4.69, 9.17) is 9.84 Å². The van der Waals surface area contributed by atoms with E-state index in [1.165, 1.54) is 10.7 Å². The smallest absolute Gasteiger partial charge is 0.435 e. The third-order valence-electron chi connectivity index (χ3n) is 3.17. The van der Waals surface area contributed by atoms with Gasteiger partial charge >= 0.3 is 12.1 Å². The van der Waals surface area contributed by atoms with Gasteiger partial charge in [0.15, 0.2) is 0 Å². The Morgan fingerprint density at radius 2 is 1.96 bits per heavy atom. The highest BCUT2D eigenvalue weighted by atomic mass is 16.6. The summed E-state index contributed by atoms with van der Waals surface area (Å²) in [4.78, 5) is 23.5. The van der Waals surface area contributed by atoms with Crippen LogP contribution in [-0.4, -0.2) is 32.6 Å². The van der Waals surface area contributed by atoms with Gasteiger partial charge in [-0.3, -0.25) is 0 Å². The SMILES string of the molecule is CC(C)Cc1nn(C(=O)OC(C)(C)C)c2ccc(C(=O)O)cc12. The van der Waals surface area contributed by atoms with Crippen LogP contribution in [0.2, 0.25) is 0 Å². The van der Waals surface area contributed by atoms with Gasteiger partial charge in [0.25, 0.3) is 0 Å². The van der Waals surface area contributed by atoms with Gasteiger partial charge in [0, 0.05) is 5.39 Å². The molecule has 1 aromatic carbocycles. The van der Waals surface area contributed by atoms with Crippen molar-refractivity contribution >= 4 is 23.0 Å². The molecule has 1 heterocycles. The molecule has 0 fully saturated rings. The van der Waals surface area contributed by atoms with E-state index in [0.717, 1.165) is 0 Å². The summed E-state index contributed by atoms with van der Waals surface area (Å²) in [6.07, 6.45) is 0.0793. The Hall–Kier alpha value is -2.37. The number of carbonyl (C=O) groups is 2. The first-order valence-corrected chi connectivity index (χ1v) is 7.57. The minimum absolute atomic E-state index is 0.172. The van der Waals surface area contributed by atoms with E-state index in [1.54, 1.807) is 32.9 Å². The molecule has 0 saturated heterocycles. The molecule has 0 aliphatic rings. The van der Waals surface area contributed by atoms with E-state index in [9.17, 15) is 9.59 Å². The Labute approximate surface area is 135 Å². The molecule has 0 radical (unpaired) electrons. The van der Waals surface area contributed by atoms with Crippen LogP contribution in [0.5, 0.6) is 0 Å². The van der Waals surface area contributed by atoms with Crippen LogP contribution in [0.15, 0.2) is 18.2 Å². The fraction of sp³-hybridized carbons (Fsp3) is 0.471. The number of aromatic nitrogens is 2. The van der Waals surface area contributed by atoms with E-state index in [-0.39, 0.29) is 5.56 Å². The third-order valence-corrected chi connectivity index (χ3v) is 3.17. The summed E-state index contributed by atoms with van der Waals surface area (Å²) in [6.45, 7) is 9.44. The number of ether oxygens (including phenoxy) is 1. The number of carboxylic acids is 1. The van der Waals surface area contributed by atoms with Crippen molar-refractivity contribution in [2.75, 3.05) is 0 Å². The highest BCUT2D eigenvalue weighted by Gasteiger charge is 2.23. The maximum Gasteiger partial charge on any atom is 0.435 e. The van der Waals surface area contributed by atoms with E-state index in [1.807, 2.05) is 13.8 Å². The lowest BCUT2D eigenvalue weighted by Gasteiger charge is -2.19. The fourth-order valence-electron chi connectivity index (χ4n) is 2.30. The van der Waals surface area contributed by atoms with Gasteiger partial charge < -0.3 is 9.84 Å². The fourth-order valence-corrected chi connectivity index (χ4v) is 2.30. The molecule has 0 atom stereocenters. The summed E-state index contributed by atoms with van der Waals surface area (Å²) in [7, 11) is 0. The van der Waals surface area contributed by atoms with Crippen molar-refractivity contribution in [1.82, 2.24) is 9.78 Å². The molecule has 0 unspecified atom stereocenters. The number of aromatic carboxylic acids is 1. The minimum Gasteiger partial charge on any atom is -0.478 e. The van der Waals surface area contributed by atoms with Gasteiger partial charge in [0.2, 0.25) is 0 Å². The maximum absolute atomic E-state index is 12.4. The summed E-state index contributed by atoms with van der Waals surface area (Å²) in [5, 5.41) is 14.2. The van der Waals surface area contributed by atoms with Crippen LogP contribution in [-0.2, 0) is 11.2 Å². The minimum atomic E-state index is -1.01. The van der Waals surface area contributed by atoms with Gasteiger partial charge in [-0.2, -0.15) is 9.78 Å². The van der Waals surface area contributed by atoms with E-state index < -0.39 is 17.7 Å². The number of carboxylic acid groups (broad SMARTS) is 1.